The summed E-state index contributed by atoms with van der Waals surface area (Å²) in [5, 5.41) is 31.4. The first-order chi connectivity index (χ1) is 16.2. The van der Waals surface area contributed by atoms with E-state index in [0.717, 1.165) is 36.4 Å². The zero-order chi connectivity index (χ0) is 24.1. The third kappa shape index (κ3) is 3.34. The van der Waals surface area contributed by atoms with Gasteiger partial charge >= 0.3 is 11.3 Å². The molecule has 0 saturated carbocycles. The standard InChI is InChI=1S/C25H14F2O7/c26-12-3-7-17-15(9-12)22(29)20(24(31)33-17)19(11-1-5-14(28)6-2-11)21-23(30)16-10-13(27)4-8-18(16)34-25(21)32/h1-10,19,28-30H. The zero-order valence-electron chi connectivity index (χ0n) is 17.1. The van der Waals surface area contributed by atoms with E-state index >= 15 is 0 Å². The second kappa shape index (κ2) is 7.73. The van der Waals surface area contributed by atoms with Crippen molar-refractivity contribution in [3.8, 4) is 17.2 Å². The van der Waals surface area contributed by atoms with Crippen molar-refractivity contribution in [2.75, 3.05) is 0 Å². The Balaban J connectivity index is 1.91. The molecule has 3 aromatic carbocycles. The molecule has 0 bridgehead atoms. The van der Waals surface area contributed by atoms with Crippen LogP contribution in [0.25, 0.3) is 21.9 Å². The number of phenolic OH excluding ortho intramolecular Hbond substituents is 1. The van der Waals surface area contributed by atoms with Gasteiger partial charge < -0.3 is 24.2 Å². The monoisotopic (exact) mass is 464 g/mol. The third-order valence-corrected chi connectivity index (χ3v) is 5.55. The average Bonchev–Trinajstić information content (AvgIpc) is 2.80. The summed E-state index contributed by atoms with van der Waals surface area (Å²) in [7, 11) is 0. The summed E-state index contributed by atoms with van der Waals surface area (Å²) in [6.07, 6.45) is 0. The summed E-state index contributed by atoms with van der Waals surface area (Å²) in [5.74, 6) is -4.40. The van der Waals surface area contributed by atoms with Crippen LogP contribution >= 0.6 is 0 Å². The van der Waals surface area contributed by atoms with E-state index in [2.05, 4.69) is 0 Å². The van der Waals surface area contributed by atoms with Crippen molar-refractivity contribution in [3.63, 3.8) is 0 Å². The largest absolute Gasteiger partial charge is 0.508 e. The van der Waals surface area contributed by atoms with Crippen molar-refractivity contribution in [2.45, 2.75) is 5.92 Å². The molecule has 9 heteroatoms. The minimum atomic E-state index is -1.48. The number of rotatable bonds is 3. The summed E-state index contributed by atoms with van der Waals surface area (Å²) >= 11 is 0. The van der Waals surface area contributed by atoms with Gasteiger partial charge in [-0.25, -0.2) is 18.4 Å². The Labute approximate surface area is 188 Å². The molecule has 0 aliphatic heterocycles. The maximum Gasteiger partial charge on any atom is 0.344 e. The lowest BCUT2D eigenvalue weighted by molar-refractivity contribution is 0.440. The molecule has 0 amide bonds. The molecule has 5 rings (SSSR count). The molecule has 0 spiro atoms. The first-order valence-electron chi connectivity index (χ1n) is 9.94. The summed E-state index contributed by atoms with van der Waals surface area (Å²) in [6.45, 7) is 0. The summed E-state index contributed by atoms with van der Waals surface area (Å²) in [5.41, 5.74) is -3.12. The molecular weight excluding hydrogens is 450 g/mol. The maximum absolute atomic E-state index is 13.9. The van der Waals surface area contributed by atoms with Gasteiger partial charge in [-0.3, -0.25) is 0 Å². The molecule has 0 aliphatic carbocycles. The van der Waals surface area contributed by atoms with Gasteiger partial charge in [-0.2, -0.15) is 0 Å². The van der Waals surface area contributed by atoms with Gasteiger partial charge in [-0.1, -0.05) is 12.1 Å². The van der Waals surface area contributed by atoms with Crippen LogP contribution in [-0.4, -0.2) is 15.3 Å². The lowest BCUT2D eigenvalue weighted by Gasteiger charge is -2.19. The van der Waals surface area contributed by atoms with Crippen LogP contribution in [0.2, 0.25) is 0 Å². The van der Waals surface area contributed by atoms with E-state index < -0.39 is 51.4 Å². The molecule has 0 fully saturated rings. The number of benzene rings is 3. The molecular formula is C25H14F2O7. The predicted octanol–water partition coefficient (Wildman–Crippen LogP) is 4.47. The molecule has 0 atom stereocenters. The Bertz CT molecular complexity index is 1600. The first kappa shape index (κ1) is 21.2. The highest BCUT2D eigenvalue weighted by Crippen LogP contribution is 2.42. The van der Waals surface area contributed by atoms with E-state index in [4.69, 9.17) is 8.83 Å². The molecule has 0 radical (unpaired) electrons. The fraction of sp³-hybridized carbons (Fsp3) is 0.0400. The first-order valence-corrected chi connectivity index (χ1v) is 9.94. The fourth-order valence-corrected chi connectivity index (χ4v) is 4.00. The van der Waals surface area contributed by atoms with E-state index in [1.54, 1.807) is 0 Å². The van der Waals surface area contributed by atoms with Crippen LogP contribution in [0.15, 0.2) is 79.1 Å². The van der Waals surface area contributed by atoms with Crippen LogP contribution in [-0.2, 0) is 0 Å². The molecule has 0 aliphatic rings. The number of phenols is 1. The van der Waals surface area contributed by atoms with E-state index in [1.165, 1.54) is 24.3 Å². The van der Waals surface area contributed by atoms with Gasteiger partial charge in [0.1, 0.15) is 40.0 Å². The Hall–Kier alpha value is -4.66. The average molecular weight is 464 g/mol. The van der Waals surface area contributed by atoms with Gasteiger partial charge in [0.05, 0.1) is 27.8 Å². The Morgan fingerprint density at radius 1 is 0.647 bits per heavy atom. The molecule has 7 nitrogen and oxygen atoms in total. The van der Waals surface area contributed by atoms with E-state index in [0.29, 0.717) is 0 Å². The van der Waals surface area contributed by atoms with Gasteiger partial charge in [0, 0.05) is 0 Å². The molecule has 3 N–H and O–H groups in total. The number of fused-ring (bicyclic) bond motifs is 2. The minimum absolute atomic E-state index is 0.103. The summed E-state index contributed by atoms with van der Waals surface area (Å²) < 4.78 is 38.3. The van der Waals surface area contributed by atoms with Crippen molar-refractivity contribution < 1.29 is 32.9 Å². The van der Waals surface area contributed by atoms with Gasteiger partial charge in [-0.15, -0.1) is 0 Å². The minimum Gasteiger partial charge on any atom is -0.508 e. The predicted molar refractivity (Wildman–Crippen MR) is 117 cm³/mol. The summed E-state index contributed by atoms with van der Waals surface area (Å²) in [6, 6.07) is 11.5. The van der Waals surface area contributed by atoms with Crippen molar-refractivity contribution >= 4 is 21.9 Å². The van der Waals surface area contributed by atoms with E-state index in [1.807, 2.05) is 0 Å². The van der Waals surface area contributed by atoms with E-state index in [-0.39, 0.29) is 33.3 Å². The van der Waals surface area contributed by atoms with Crippen LogP contribution in [0, 0.1) is 11.6 Å². The number of hydrogen-bond acceptors (Lipinski definition) is 7. The normalized spacial score (nSPS) is 11.5. The quantitative estimate of drug-likeness (QED) is 0.337. The molecule has 2 aromatic heterocycles. The lowest BCUT2D eigenvalue weighted by atomic mass is 9.84. The third-order valence-electron chi connectivity index (χ3n) is 5.55. The van der Waals surface area contributed by atoms with Gasteiger partial charge in [0.25, 0.3) is 0 Å². The molecule has 5 aromatic rings. The molecule has 34 heavy (non-hydrogen) atoms. The highest BCUT2D eigenvalue weighted by Gasteiger charge is 2.32. The van der Waals surface area contributed by atoms with Gasteiger partial charge in [-0.05, 0) is 54.1 Å². The number of hydrogen-bond donors (Lipinski definition) is 3. The van der Waals surface area contributed by atoms with Gasteiger partial charge in [0.15, 0.2) is 0 Å². The van der Waals surface area contributed by atoms with Gasteiger partial charge in [0.2, 0.25) is 0 Å². The highest BCUT2D eigenvalue weighted by atomic mass is 19.1. The zero-order valence-corrected chi connectivity index (χ0v) is 17.1. The van der Waals surface area contributed by atoms with Crippen LogP contribution in [0.4, 0.5) is 8.78 Å². The number of halogens is 2. The summed E-state index contributed by atoms with van der Waals surface area (Å²) in [4.78, 5) is 26.0. The SMILES string of the molecule is O=c1oc2ccc(F)cc2c(O)c1C(c1ccc(O)cc1)c1c(O)c2cc(F)ccc2oc1=O. The van der Waals surface area contributed by atoms with Crippen LogP contribution in [0.1, 0.15) is 22.6 Å². The molecule has 2 heterocycles. The topological polar surface area (TPSA) is 121 Å². The Morgan fingerprint density at radius 2 is 1.09 bits per heavy atom. The smallest absolute Gasteiger partial charge is 0.344 e. The molecule has 170 valence electrons. The van der Waals surface area contributed by atoms with Crippen LogP contribution < -0.4 is 11.3 Å². The fourth-order valence-electron chi connectivity index (χ4n) is 4.00. The van der Waals surface area contributed by atoms with E-state index in [9.17, 15) is 33.7 Å². The highest BCUT2D eigenvalue weighted by molar-refractivity contribution is 5.87. The lowest BCUT2D eigenvalue weighted by Crippen LogP contribution is -2.21. The second-order valence-corrected chi connectivity index (χ2v) is 7.61. The van der Waals surface area contributed by atoms with Crippen LogP contribution in [0.3, 0.4) is 0 Å². The van der Waals surface area contributed by atoms with Crippen molar-refractivity contribution in [2.24, 2.45) is 0 Å². The van der Waals surface area contributed by atoms with Crippen molar-refractivity contribution in [1.82, 2.24) is 0 Å². The van der Waals surface area contributed by atoms with Crippen LogP contribution in [0.5, 0.6) is 17.2 Å². The maximum atomic E-state index is 13.9. The second-order valence-electron chi connectivity index (χ2n) is 7.61. The molecule has 0 saturated heterocycles. The Kier molecular flexibility index (Phi) is 4.82. The van der Waals surface area contributed by atoms with Crippen molar-refractivity contribution in [3.05, 3.63) is 110 Å². The Morgan fingerprint density at radius 3 is 1.53 bits per heavy atom. The molecule has 0 unspecified atom stereocenters. The number of aromatic hydroxyl groups is 3. The van der Waals surface area contributed by atoms with Crippen molar-refractivity contribution in [1.29, 1.82) is 0 Å².